The molecule has 0 fully saturated rings. The van der Waals surface area contributed by atoms with E-state index in [1.165, 1.54) is 0 Å². The van der Waals surface area contributed by atoms with Gasteiger partial charge in [0.1, 0.15) is 0 Å². The van der Waals surface area contributed by atoms with Crippen molar-refractivity contribution in [2.75, 3.05) is 11.5 Å². The van der Waals surface area contributed by atoms with Crippen LogP contribution in [-0.2, 0) is 23.0 Å². The Hall–Kier alpha value is -1.04. The van der Waals surface area contributed by atoms with E-state index >= 15 is 0 Å². The van der Waals surface area contributed by atoms with Crippen LogP contribution in [0.25, 0.3) is 10.9 Å². The Bertz CT molecular complexity index is 707. The predicted octanol–water partition coefficient (Wildman–Crippen LogP) is 2.61. The summed E-state index contributed by atoms with van der Waals surface area (Å²) in [6.45, 7) is 2.15. The van der Waals surface area contributed by atoms with Crippen molar-refractivity contribution in [2.45, 2.75) is 26.5 Å². The number of nitrogens with zero attached hydrogens (tertiary/aromatic N) is 1. The first kappa shape index (κ1) is 15.4. The van der Waals surface area contributed by atoms with Gasteiger partial charge in [-0.2, -0.15) is 0 Å². The van der Waals surface area contributed by atoms with Gasteiger partial charge < -0.3 is 9.67 Å². The number of rotatable bonds is 6. The van der Waals surface area contributed by atoms with Crippen LogP contribution in [0.4, 0.5) is 0 Å². The second-order valence-electron chi connectivity index (χ2n) is 4.82. The van der Waals surface area contributed by atoms with Crippen molar-refractivity contribution in [3.8, 4) is 0 Å². The quantitative estimate of drug-likeness (QED) is 0.891. The number of hydrogen-bond acceptors (Lipinski definition) is 3. The molecule has 0 aliphatic heterocycles. The molecule has 0 spiro atoms. The number of aliphatic hydroxyl groups excluding tert-OH is 1. The minimum absolute atomic E-state index is 0.0765. The number of aromatic nitrogens is 1. The zero-order valence-electron chi connectivity index (χ0n) is 11.3. The fourth-order valence-corrected chi connectivity index (χ4v) is 3.77. The highest BCUT2D eigenvalue weighted by Gasteiger charge is 2.13. The average Bonchev–Trinajstić information content (AvgIpc) is 2.74. The highest BCUT2D eigenvalue weighted by molar-refractivity contribution is 7.91. The zero-order valence-corrected chi connectivity index (χ0v) is 12.9. The first-order valence-corrected chi connectivity index (χ1v) is 8.75. The lowest BCUT2D eigenvalue weighted by molar-refractivity contribution is 0.283. The highest BCUT2D eigenvalue weighted by atomic mass is 35.5. The summed E-state index contributed by atoms with van der Waals surface area (Å²) in [6, 6.07) is 5.41. The number of aliphatic hydroxyl groups is 1. The number of fused-ring (bicyclic) bond motifs is 1. The summed E-state index contributed by atoms with van der Waals surface area (Å²) in [5, 5.41) is 10.9. The largest absolute Gasteiger partial charge is 0.392 e. The van der Waals surface area contributed by atoms with Crippen LogP contribution in [0.2, 0.25) is 5.02 Å². The molecule has 20 heavy (non-hydrogen) atoms. The van der Waals surface area contributed by atoms with Gasteiger partial charge in [0.25, 0.3) is 0 Å². The molecule has 1 aromatic carbocycles. The van der Waals surface area contributed by atoms with Crippen LogP contribution in [0.5, 0.6) is 0 Å². The molecule has 6 heteroatoms. The minimum Gasteiger partial charge on any atom is -0.392 e. The average molecular weight is 316 g/mol. The molecule has 0 saturated carbocycles. The second kappa shape index (κ2) is 6.16. The van der Waals surface area contributed by atoms with Crippen molar-refractivity contribution in [2.24, 2.45) is 0 Å². The van der Waals surface area contributed by atoms with Gasteiger partial charge in [-0.25, -0.2) is 8.42 Å². The summed E-state index contributed by atoms with van der Waals surface area (Å²) < 4.78 is 25.4. The van der Waals surface area contributed by atoms with E-state index in [1.54, 1.807) is 18.3 Å². The summed E-state index contributed by atoms with van der Waals surface area (Å²) in [6.07, 6.45) is 2.42. The Kier molecular flexibility index (Phi) is 4.73. The molecule has 2 rings (SSSR count). The molecule has 110 valence electrons. The number of benzene rings is 1. The number of halogens is 1. The number of sulfone groups is 1. The molecule has 0 amide bonds. The van der Waals surface area contributed by atoms with E-state index in [0.717, 1.165) is 16.5 Å². The van der Waals surface area contributed by atoms with Gasteiger partial charge in [-0.15, -0.1) is 0 Å². The van der Waals surface area contributed by atoms with Crippen LogP contribution in [0.3, 0.4) is 0 Å². The van der Waals surface area contributed by atoms with Crippen LogP contribution < -0.4 is 0 Å². The summed E-state index contributed by atoms with van der Waals surface area (Å²) in [5.74, 6) is 0.307. The molecule has 2 aromatic rings. The van der Waals surface area contributed by atoms with Gasteiger partial charge >= 0.3 is 0 Å². The van der Waals surface area contributed by atoms with Gasteiger partial charge in [-0.3, -0.25) is 0 Å². The molecule has 1 heterocycles. The molecule has 0 bridgehead atoms. The monoisotopic (exact) mass is 315 g/mol. The Labute approximate surface area is 123 Å². The van der Waals surface area contributed by atoms with Crippen molar-refractivity contribution in [1.29, 1.82) is 0 Å². The summed E-state index contributed by atoms with van der Waals surface area (Å²) in [4.78, 5) is 0. The summed E-state index contributed by atoms with van der Waals surface area (Å²) in [7, 11) is -3.02. The van der Waals surface area contributed by atoms with Crippen molar-refractivity contribution in [3.05, 3.63) is 35.0 Å². The van der Waals surface area contributed by atoms with Gasteiger partial charge in [-0.1, -0.05) is 24.6 Å². The Balaban J connectivity index is 2.32. The fraction of sp³-hybridized carbons (Fsp3) is 0.429. The van der Waals surface area contributed by atoms with Gasteiger partial charge in [0.05, 0.1) is 12.4 Å². The fourth-order valence-electron chi connectivity index (χ4n) is 2.30. The molecule has 1 aromatic heterocycles. The van der Waals surface area contributed by atoms with Crippen molar-refractivity contribution in [1.82, 2.24) is 4.57 Å². The van der Waals surface area contributed by atoms with E-state index in [0.29, 0.717) is 18.0 Å². The van der Waals surface area contributed by atoms with Crippen LogP contribution in [0.1, 0.15) is 18.9 Å². The second-order valence-corrected chi connectivity index (χ2v) is 7.56. The smallest absolute Gasteiger partial charge is 0.152 e. The van der Waals surface area contributed by atoms with E-state index < -0.39 is 9.84 Å². The van der Waals surface area contributed by atoms with Gasteiger partial charge in [0.2, 0.25) is 0 Å². The summed E-state index contributed by atoms with van der Waals surface area (Å²) in [5.41, 5.74) is 1.64. The maximum absolute atomic E-state index is 11.8. The molecule has 0 unspecified atom stereocenters. The molecule has 0 aliphatic rings. The molecular formula is C14H18ClNO3S. The molecule has 0 saturated heterocycles. The zero-order chi connectivity index (χ0) is 14.8. The van der Waals surface area contributed by atoms with E-state index in [-0.39, 0.29) is 18.1 Å². The van der Waals surface area contributed by atoms with E-state index in [1.807, 2.05) is 17.6 Å². The maximum atomic E-state index is 11.8. The first-order chi connectivity index (χ1) is 9.46. The lowest BCUT2D eigenvalue weighted by Crippen LogP contribution is -2.15. The van der Waals surface area contributed by atoms with E-state index in [9.17, 15) is 13.5 Å². The lowest BCUT2D eigenvalue weighted by Gasteiger charge is -2.06. The van der Waals surface area contributed by atoms with Crippen LogP contribution in [-0.4, -0.2) is 29.6 Å². The van der Waals surface area contributed by atoms with Gasteiger partial charge in [0, 0.05) is 40.0 Å². The SMILES string of the molecule is CCCS(=O)(=O)CCn1cc(CO)c2ccc(Cl)cc21. The third-order valence-electron chi connectivity index (χ3n) is 3.26. The molecular weight excluding hydrogens is 298 g/mol. The molecule has 0 atom stereocenters. The Morgan fingerprint density at radius 1 is 1.30 bits per heavy atom. The Morgan fingerprint density at radius 3 is 2.70 bits per heavy atom. The third-order valence-corrected chi connectivity index (χ3v) is 5.33. The topological polar surface area (TPSA) is 59.3 Å². The van der Waals surface area contributed by atoms with Crippen molar-refractivity contribution < 1.29 is 13.5 Å². The van der Waals surface area contributed by atoms with Crippen LogP contribution >= 0.6 is 11.6 Å². The van der Waals surface area contributed by atoms with Gasteiger partial charge in [-0.05, 0) is 18.6 Å². The summed E-state index contributed by atoms with van der Waals surface area (Å²) >= 11 is 5.99. The highest BCUT2D eigenvalue weighted by Crippen LogP contribution is 2.25. The van der Waals surface area contributed by atoms with Gasteiger partial charge in [0.15, 0.2) is 9.84 Å². The van der Waals surface area contributed by atoms with Crippen LogP contribution in [0.15, 0.2) is 24.4 Å². The normalized spacial score (nSPS) is 12.2. The Morgan fingerprint density at radius 2 is 2.05 bits per heavy atom. The lowest BCUT2D eigenvalue weighted by atomic mass is 10.2. The van der Waals surface area contributed by atoms with Crippen LogP contribution in [0, 0.1) is 0 Å². The van der Waals surface area contributed by atoms with Crippen molar-refractivity contribution >= 4 is 32.3 Å². The number of aryl methyl sites for hydroxylation is 1. The first-order valence-electron chi connectivity index (χ1n) is 6.55. The standard InChI is InChI=1S/C14H18ClNO3S/c1-2-6-20(18,19)7-5-16-9-11(10-17)13-4-3-12(15)8-14(13)16/h3-4,8-9,17H,2,5-7,10H2,1H3. The molecule has 0 aliphatic carbocycles. The molecule has 0 radical (unpaired) electrons. The third kappa shape index (κ3) is 3.34. The molecule has 1 N–H and O–H groups in total. The predicted molar refractivity (Wildman–Crippen MR) is 81.8 cm³/mol. The minimum atomic E-state index is -3.02. The molecule has 4 nitrogen and oxygen atoms in total. The van der Waals surface area contributed by atoms with Crippen molar-refractivity contribution in [3.63, 3.8) is 0 Å². The van der Waals surface area contributed by atoms with E-state index in [4.69, 9.17) is 11.6 Å². The van der Waals surface area contributed by atoms with E-state index in [2.05, 4.69) is 0 Å². The maximum Gasteiger partial charge on any atom is 0.152 e. The number of hydrogen-bond donors (Lipinski definition) is 1.